The number of methoxy groups -OCH3 is 1. The van der Waals surface area contributed by atoms with Gasteiger partial charge in [0.1, 0.15) is 30.1 Å². The highest BCUT2D eigenvalue weighted by atomic mass is 32.2. The second-order valence-electron chi connectivity index (χ2n) is 28.7. The Kier molecular flexibility index (Phi) is 53.5. The van der Waals surface area contributed by atoms with Gasteiger partial charge in [0.15, 0.2) is 11.9 Å². The van der Waals surface area contributed by atoms with E-state index >= 15 is 0 Å². The maximum atomic E-state index is 13.6. The zero-order valence-corrected chi connectivity index (χ0v) is 67.6. The van der Waals surface area contributed by atoms with Crippen LogP contribution in [0.3, 0.4) is 0 Å². The minimum absolute atomic E-state index is 0.0275. The number of aliphatic hydroxyl groups excluding tert-OH is 1. The maximum Gasteiger partial charge on any atom is 0.330 e. The maximum absolute atomic E-state index is 13.6. The van der Waals surface area contributed by atoms with Gasteiger partial charge < -0.3 is 70.4 Å². The highest BCUT2D eigenvalue weighted by molar-refractivity contribution is 7.99. The molecular weight excluding hydrogens is 1410 g/mol. The zero-order valence-electron chi connectivity index (χ0n) is 66.8. The highest BCUT2D eigenvalue weighted by Crippen LogP contribution is 2.30. The molecule has 0 saturated carbocycles. The van der Waals surface area contributed by atoms with E-state index in [0.29, 0.717) is 104 Å². The van der Waals surface area contributed by atoms with E-state index in [-0.39, 0.29) is 86.7 Å². The molecule has 4 aromatic rings. The van der Waals surface area contributed by atoms with Gasteiger partial charge in [0.05, 0.1) is 51.2 Å². The van der Waals surface area contributed by atoms with Gasteiger partial charge in [-0.25, -0.2) is 14.8 Å². The fourth-order valence-electron chi connectivity index (χ4n) is 12.7. The van der Waals surface area contributed by atoms with Gasteiger partial charge in [0.2, 0.25) is 29.5 Å². The molecule has 109 heavy (non-hydrogen) atoms. The quantitative estimate of drug-likeness (QED) is 0.0123. The summed E-state index contributed by atoms with van der Waals surface area (Å²) in [7, 11) is 1.12. The number of hydrogen-bond donors (Lipinski definition) is 7. The van der Waals surface area contributed by atoms with Crippen molar-refractivity contribution in [1.82, 2.24) is 41.1 Å². The van der Waals surface area contributed by atoms with Crippen LogP contribution in [0.25, 0.3) is 21.9 Å². The number of nitrogens with one attached hydrogen (secondary N) is 5. The third kappa shape index (κ3) is 44.0. The number of unbranched alkanes of at least 4 members (excludes halogenated alkanes) is 25. The standard InChI is InChI=1S/C84H137N9O15S/c1-5-8-11-13-15-17-19-21-23-25-27-29-31-46-78(99)107-63-68(108-79(100)47-32-30-28-26-24-22-20-18-16-14-12-9-6-2)64-109-65-72(83(101)91-71(62-94)84(102)103-4)89-77(98)45-36-43-75(96)87-53-38-55-105-57-59-106-58-56-104-54-37-52-86-74(95)42-35-44-76(97)88-60-66-48-50-67(51-49-66)61-93-73(41-10-7-3)92-80-81(93)69-39-33-34-40-70(69)90-82(80)85/h33-34,39-40,48-51,68,71-72,94H,5-32,35-38,41-47,52-65H2,1-4H3,(H2,85,90)(H,86,95)(H,87,96)(H,88,97)(H,89,98)(H,91,101)/t68-,71?,72?/m1/s1. The summed E-state index contributed by atoms with van der Waals surface area (Å²) in [6.45, 7) is 9.86. The lowest BCUT2D eigenvalue weighted by atomic mass is 10.0. The fourth-order valence-corrected chi connectivity index (χ4v) is 13.8. The van der Waals surface area contributed by atoms with Gasteiger partial charge in [-0.05, 0) is 62.1 Å². The van der Waals surface area contributed by atoms with Gasteiger partial charge in [-0.3, -0.25) is 33.6 Å². The molecule has 0 aliphatic rings. The molecule has 0 spiro atoms. The van der Waals surface area contributed by atoms with Crippen LogP contribution in [0.5, 0.6) is 0 Å². The SMILES string of the molecule is CCCCCCCCCCCCCCCC(=O)OC[C@H](CSCC(NC(=O)CCCC(=O)NCCCOCCOCCOCCCNC(=O)CCCC(=O)NCc1ccc(Cn2c(CCCC)nc3c(N)nc4ccccc4c32)cc1)C(=O)NC(CO)C(=O)OC)OC(=O)CCCCCCCCCCCCCCC. The Morgan fingerprint density at radius 1 is 0.495 bits per heavy atom. The molecule has 2 heterocycles. The predicted molar refractivity (Wildman–Crippen MR) is 433 cm³/mol. The molecule has 614 valence electrons. The van der Waals surface area contributed by atoms with Crippen molar-refractivity contribution in [1.29, 1.82) is 0 Å². The van der Waals surface area contributed by atoms with E-state index in [1.54, 1.807) is 0 Å². The number of fused-ring (bicyclic) bond motifs is 3. The molecule has 2 unspecified atom stereocenters. The molecule has 4 rings (SSSR count). The number of esters is 3. The molecule has 0 bridgehead atoms. The molecule has 2 aromatic carbocycles. The topological polar surface area (TPSA) is 329 Å². The average Bonchev–Trinajstić information content (AvgIpc) is 1.61. The molecule has 2 aromatic heterocycles. The van der Waals surface area contributed by atoms with Crippen molar-refractivity contribution >= 4 is 87.0 Å². The van der Waals surface area contributed by atoms with Crippen LogP contribution in [0.15, 0.2) is 48.5 Å². The van der Waals surface area contributed by atoms with Gasteiger partial charge >= 0.3 is 17.9 Å². The van der Waals surface area contributed by atoms with Gasteiger partial charge in [0.25, 0.3) is 0 Å². The van der Waals surface area contributed by atoms with Crippen LogP contribution in [0.1, 0.15) is 282 Å². The number of rotatable bonds is 69. The van der Waals surface area contributed by atoms with Crippen molar-refractivity contribution in [2.75, 3.05) is 90.3 Å². The largest absolute Gasteiger partial charge is 0.467 e. The second kappa shape index (κ2) is 61.7. The summed E-state index contributed by atoms with van der Waals surface area (Å²) in [4.78, 5) is 113. The van der Waals surface area contributed by atoms with Crippen molar-refractivity contribution in [2.24, 2.45) is 0 Å². The number of benzene rings is 2. The number of carbonyl (C=O) groups excluding carboxylic acids is 8. The van der Waals surface area contributed by atoms with Gasteiger partial charge in [-0.1, -0.05) is 224 Å². The summed E-state index contributed by atoms with van der Waals surface area (Å²) in [5.41, 5.74) is 11.0. The molecule has 8 N–H and O–H groups in total. The first-order valence-electron chi connectivity index (χ1n) is 41.6. The fraction of sp³-hybridized carbons (Fsp3) is 0.714. The van der Waals surface area contributed by atoms with E-state index in [9.17, 15) is 43.5 Å². The number of para-hydroxylation sites is 1. The number of carbonyl (C=O) groups is 8. The monoisotopic (exact) mass is 1540 g/mol. The number of thioether (sulfide) groups is 1. The molecule has 3 atom stereocenters. The Labute approximate surface area is 655 Å². The summed E-state index contributed by atoms with van der Waals surface area (Å²) in [6, 6.07) is 13.6. The third-order valence-electron chi connectivity index (χ3n) is 19.2. The number of anilines is 1. The summed E-state index contributed by atoms with van der Waals surface area (Å²) < 4.78 is 35.4. The molecule has 0 saturated heterocycles. The predicted octanol–water partition coefficient (Wildman–Crippen LogP) is 13.9. The smallest absolute Gasteiger partial charge is 0.330 e. The summed E-state index contributed by atoms with van der Waals surface area (Å²) >= 11 is 1.19. The number of aromatic nitrogens is 3. The van der Waals surface area contributed by atoms with Crippen LogP contribution in [0.4, 0.5) is 5.82 Å². The number of nitrogens with two attached hydrogens (primary N) is 1. The van der Waals surface area contributed by atoms with Crippen LogP contribution in [-0.4, -0.2) is 170 Å². The van der Waals surface area contributed by atoms with Gasteiger partial charge in [-0.15, -0.1) is 0 Å². The number of aliphatic hydroxyl groups is 1. The van der Waals surface area contributed by atoms with Crippen LogP contribution >= 0.6 is 11.8 Å². The number of imidazole rings is 1. The first-order chi connectivity index (χ1) is 53.2. The number of aryl methyl sites for hydroxylation is 1. The number of nitrogens with zero attached hydrogens (tertiary/aromatic N) is 3. The molecule has 25 heteroatoms. The van der Waals surface area contributed by atoms with E-state index in [4.69, 9.17) is 39.1 Å². The van der Waals surface area contributed by atoms with E-state index in [0.717, 1.165) is 104 Å². The summed E-state index contributed by atoms with van der Waals surface area (Å²) in [5.74, 6) is -1.89. The Morgan fingerprint density at radius 3 is 1.50 bits per heavy atom. The number of ether oxygens (including phenoxy) is 6. The van der Waals surface area contributed by atoms with Crippen LogP contribution < -0.4 is 32.3 Å². The molecule has 24 nitrogen and oxygen atoms in total. The highest BCUT2D eigenvalue weighted by Gasteiger charge is 2.29. The molecular formula is C84H137N9O15S. The number of amides is 5. The van der Waals surface area contributed by atoms with Gasteiger partial charge in [-0.2, -0.15) is 11.8 Å². The molecule has 0 radical (unpaired) electrons. The van der Waals surface area contributed by atoms with Crippen molar-refractivity contribution in [3.63, 3.8) is 0 Å². The molecule has 5 amide bonds. The lowest BCUT2D eigenvalue weighted by Gasteiger charge is -2.22. The number of nitrogen functional groups attached to an aromatic ring is 1. The molecule has 0 aliphatic heterocycles. The van der Waals surface area contributed by atoms with E-state index in [1.165, 1.54) is 127 Å². The number of hydrogen-bond acceptors (Lipinski definition) is 19. The van der Waals surface area contributed by atoms with Crippen LogP contribution in [-0.2, 0) is 86.3 Å². The van der Waals surface area contributed by atoms with Crippen LogP contribution in [0.2, 0.25) is 0 Å². The van der Waals surface area contributed by atoms with Crippen molar-refractivity contribution in [3.8, 4) is 0 Å². The normalized spacial score (nSPS) is 12.2. The Bertz CT molecular complexity index is 3160. The zero-order chi connectivity index (χ0) is 78.6. The van der Waals surface area contributed by atoms with Crippen LogP contribution in [0, 0.1) is 0 Å². The Hall–Kier alpha value is -6.93. The lowest BCUT2D eigenvalue weighted by Crippen LogP contribution is -2.54. The lowest BCUT2D eigenvalue weighted by molar-refractivity contribution is -0.157. The van der Waals surface area contributed by atoms with E-state index in [1.807, 2.05) is 30.3 Å². The molecule has 0 fully saturated rings. The minimum Gasteiger partial charge on any atom is -0.467 e. The second-order valence-corrected chi connectivity index (χ2v) is 29.8. The van der Waals surface area contributed by atoms with Crippen molar-refractivity contribution in [2.45, 2.75) is 302 Å². The van der Waals surface area contributed by atoms with Crippen molar-refractivity contribution < 1.29 is 71.9 Å². The third-order valence-corrected chi connectivity index (χ3v) is 20.3. The number of pyridine rings is 1. The first kappa shape index (κ1) is 94.4. The Balaban J connectivity index is 1.05. The van der Waals surface area contributed by atoms with Crippen molar-refractivity contribution in [3.05, 3.63) is 65.5 Å². The molecule has 0 aliphatic carbocycles. The average molecular weight is 1550 g/mol. The van der Waals surface area contributed by atoms with Gasteiger partial charge in [0, 0.05) is 101 Å². The first-order valence-corrected chi connectivity index (χ1v) is 42.7. The van der Waals surface area contributed by atoms with E-state index < -0.39 is 48.5 Å². The Morgan fingerprint density at radius 2 is 0.972 bits per heavy atom. The summed E-state index contributed by atoms with van der Waals surface area (Å²) in [6.07, 6.45) is 35.5. The minimum atomic E-state index is -1.39. The summed E-state index contributed by atoms with van der Waals surface area (Å²) in [5, 5.41) is 24.7. The van der Waals surface area contributed by atoms with E-state index in [2.05, 4.69) is 75.1 Å².